The molecule has 1 saturated carbocycles. The first-order chi connectivity index (χ1) is 7.76. The summed E-state index contributed by atoms with van der Waals surface area (Å²) in [5.74, 6) is 0.886. The first-order valence-electron chi connectivity index (χ1n) is 6.33. The third kappa shape index (κ3) is 2.43. The Morgan fingerprint density at radius 2 is 2.25 bits per heavy atom. The second-order valence-electron chi connectivity index (χ2n) is 4.86. The Hall–Kier alpha value is -0.900. The van der Waals surface area contributed by atoms with Crippen LogP contribution in [0.15, 0.2) is 0 Å². The van der Waals surface area contributed by atoms with Crippen molar-refractivity contribution in [3.05, 3.63) is 11.4 Å². The summed E-state index contributed by atoms with van der Waals surface area (Å²) in [6.45, 7) is 5.25. The summed E-state index contributed by atoms with van der Waals surface area (Å²) in [7, 11) is 1.96. The summed E-state index contributed by atoms with van der Waals surface area (Å²) in [5.41, 5.74) is 2.49. The minimum Gasteiger partial charge on any atom is -0.314 e. The van der Waals surface area contributed by atoms with Gasteiger partial charge in [0.05, 0.1) is 17.4 Å². The SMILES string of the molecule is CCC(C)n1nnc(CNC)c1CC1CC1. The molecule has 4 heteroatoms. The van der Waals surface area contributed by atoms with Crippen molar-refractivity contribution in [3.63, 3.8) is 0 Å². The van der Waals surface area contributed by atoms with Gasteiger partial charge in [-0.15, -0.1) is 5.10 Å². The predicted octanol–water partition coefficient (Wildman–Crippen LogP) is 1.92. The maximum atomic E-state index is 4.31. The minimum atomic E-state index is 0.465. The molecule has 0 saturated heterocycles. The Balaban J connectivity index is 2.20. The van der Waals surface area contributed by atoms with E-state index in [-0.39, 0.29) is 0 Å². The molecule has 0 amide bonds. The average Bonchev–Trinajstić information content (AvgIpc) is 3.02. The van der Waals surface area contributed by atoms with Gasteiger partial charge in [-0.25, -0.2) is 4.68 Å². The summed E-state index contributed by atoms with van der Waals surface area (Å²) in [6.07, 6.45) is 5.03. The lowest BCUT2D eigenvalue weighted by Gasteiger charge is -2.13. The van der Waals surface area contributed by atoms with Crippen LogP contribution >= 0.6 is 0 Å². The topological polar surface area (TPSA) is 42.7 Å². The first-order valence-corrected chi connectivity index (χ1v) is 6.33. The number of rotatable bonds is 6. The highest BCUT2D eigenvalue weighted by atomic mass is 15.4. The number of hydrogen-bond donors (Lipinski definition) is 1. The molecular weight excluding hydrogens is 200 g/mol. The van der Waals surface area contributed by atoms with E-state index < -0.39 is 0 Å². The van der Waals surface area contributed by atoms with E-state index in [0.29, 0.717) is 6.04 Å². The lowest BCUT2D eigenvalue weighted by Crippen LogP contribution is -2.13. The summed E-state index contributed by atoms with van der Waals surface area (Å²) in [6, 6.07) is 0.465. The molecule has 1 heterocycles. The zero-order chi connectivity index (χ0) is 11.5. The quantitative estimate of drug-likeness (QED) is 0.799. The Labute approximate surface area is 97.4 Å². The molecule has 4 nitrogen and oxygen atoms in total. The third-order valence-corrected chi connectivity index (χ3v) is 3.40. The van der Waals surface area contributed by atoms with Crippen molar-refractivity contribution < 1.29 is 0 Å². The fourth-order valence-electron chi connectivity index (χ4n) is 1.98. The van der Waals surface area contributed by atoms with E-state index in [1.807, 2.05) is 7.05 Å². The zero-order valence-electron chi connectivity index (χ0n) is 10.5. The van der Waals surface area contributed by atoms with Crippen molar-refractivity contribution in [1.29, 1.82) is 0 Å². The molecule has 1 unspecified atom stereocenters. The van der Waals surface area contributed by atoms with Crippen LogP contribution in [-0.4, -0.2) is 22.0 Å². The van der Waals surface area contributed by atoms with E-state index in [1.165, 1.54) is 18.5 Å². The molecule has 0 radical (unpaired) electrons. The average molecular weight is 222 g/mol. The molecule has 1 atom stereocenters. The third-order valence-electron chi connectivity index (χ3n) is 3.40. The standard InChI is InChI=1S/C12H22N4/c1-4-9(2)16-12(7-10-5-6-10)11(8-13-3)14-15-16/h9-10,13H,4-8H2,1-3H3. The largest absolute Gasteiger partial charge is 0.314 e. The fraction of sp³-hybridized carbons (Fsp3) is 0.833. The molecule has 1 aromatic heterocycles. The van der Waals surface area contributed by atoms with Crippen molar-refractivity contribution in [2.75, 3.05) is 7.05 Å². The van der Waals surface area contributed by atoms with Gasteiger partial charge in [-0.3, -0.25) is 0 Å². The van der Waals surface area contributed by atoms with Crippen LogP contribution in [0, 0.1) is 5.92 Å². The normalized spacial score (nSPS) is 17.7. The maximum absolute atomic E-state index is 4.31. The smallest absolute Gasteiger partial charge is 0.0996 e. The van der Waals surface area contributed by atoms with Gasteiger partial charge in [-0.1, -0.05) is 12.1 Å². The van der Waals surface area contributed by atoms with Crippen molar-refractivity contribution in [2.45, 2.75) is 52.1 Å². The molecule has 1 aromatic rings. The van der Waals surface area contributed by atoms with Gasteiger partial charge in [0.2, 0.25) is 0 Å². The molecule has 0 bridgehead atoms. The van der Waals surface area contributed by atoms with E-state index >= 15 is 0 Å². The Morgan fingerprint density at radius 3 is 2.81 bits per heavy atom. The molecule has 2 rings (SSSR count). The van der Waals surface area contributed by atoms with E-state index in [1.54, 1.807) is 0 Å². The van der Waals surface area contributed by atoms with E-state index in [0.717, 1.165) is 31.0 Å². The van der Waals surface area contributed by atoms with Crippen LogP contribution < -0.4 is 5.32 Å². The second-order valence-corrected chi connectivity index (χ2v) is 4.86. The second kappa shape index (κ2) is 4.95. The van der Waals surface area contributed by atoms with Gasteiger partial charge in [-0.05, 0) is 45.6 Å². The fourth-order valence-corrected chi connectivity index (χ4v) is 1.98. The van der Waals surface area contributed by atoms with Gasteiger partial charge in [0, 0.05) is 6.54 Å². The lowest BCUT2D eigenvalue weighted by atomic mass is 10.1. The Kier molecular flexibility index (Phi) is 3.59. The molecule has 90 valence electrons. The molecule has 0 aromatic carbocycles. The number of hydrogen-bond acceptors (Lipinski definition) is 3. The summed E-state index contributed by atoms with van der Waals surface area (Å²) in [5, 5.41) is 11.8. The van der Waals surface area contributed by atoms with Gasteiger partial charge in [0.15, 0.2) is 0 Å². The van der Waals surface area contributed by atoms with E-state index in [9.17, 15) is 0 Å². The Bertz CT molecular complexity index is 341. The van der Waals surface area contributed by atoms with E-state index in [4.69, 9.17) is 0 Å². The molecule has 1 N–H and O–H groups in total. The highest BCUT2D eigenvalue weighted by molar-refractivity contribution is 5.13. The van der Waals surface area contributed by atoms with Crippen LogP contribution in [0.4, 0.5) is 0 Å². The van der Waals surface area contributed by atoms with Crippen molar-refractivity contribution in [1.82, 2.24) is 20.3 Å². The van der Waals surface area contributed by atoms with Crippen LogP contribution in [0.5, 0.6) is 0 Å². The summed E-state index contributed by atoms with van der Waals surface area (Å²) < 4.78 is 2.13. The summed E-state index contributed by atoms with van der Waals surface area (Å²) >= 11 is 0. The van der Waals surface area contributed by atoms with Crippen LogP contribution in [0.3, 0.4) is 0 Å². The Morgan fingerprint density at radius 1 is 1.50 bits per heavy atom. The van der Waals surface area contributed by atoms with Crippen molar-refractivity contribution in [3.8, 4) is 0 Å². The van der Waals surface area contributed by atoms with Crippen molar-refractivity contribution >= 4 is 0 Å². The monoisotopic (exact) mass is 222 g/mol. The van der Waals surface area contributed by atoms with Crippen molar-refractivity contribution in [2.24, 2.45) is 5.92 Å². The van der Waals surface area contributed by atoms with Crippen LogP contribution in [0.2, 0.25) is 0 Å². The van der Waals surface area contributed by atoms with E-state index in [2.05, 4.69) is 34.2 Å². The lowest BCUT2D eigenvalue weighted by molar-refractivity contribution is 0.444. The molecule has 1 fully saturated rings. The molecule has 0 spiro atoms. The maximum Gasteiger partial charge on any atom is 0.0996 e. The highest BCUT2D eigenvalue weighted by Gasteiger charge is 2.26. The number of nitrogens with zero attached hydrogens (tertiary/aromatic N) is 3. The van der Waals surface area contributed by atoms with Gasteiger partial charge >= 0.3 is 0 Å². The molecule has 1 aliphatic rings. The van der Waals surface area contributed by atoms with Gasteiger partial charge < -0.3 is 5.32 Å². The molecular formula is C12H22N4. The zero-order valence-corrected chi connectivity index (χ0v) is 10.5. The van der Waals surface area contributed by atoms with Gasteiger partial charge in [-0.2, -0.15) is 0 Å². The highest BCUT2D eigenvalue weighted by Crippen LogP contribution is 2.33. The van der Waals surface area contributed by atoms with Crippen LogP contribution in [0.1, 0.15) is 50.5 Å². The first kappa shape index (κ1) is 11.6. The molecule has 0 aliphatic heterocycles. The van der Waals surface area contributed by atoms with Crippen LogP contribution in [-0.2, 0) is 13.0 Å². The number of nitrogens with one attached hydrogen (secondary N) is 1. The summed E-state index contributed by atoms with van der Waals surface area (Å²) in [4.78, 5) is 0. The minimum absolute atomic E-state index is 0.465. The van der Waals surface area contributed by atoms with Gasteiger partial charge in [0.1, 0.15) is 0 Å². The van der Waals surface area contributed by atoms with Crippen LogP contribution in [0.25, 0.3) is 0 Å². The molecule has 16 heavy (non-hydrogen) atoms. The number of aromatic nitrogens is 3. The predicted molar refractivity (Wildman–Crippen MR) is 64.2 cm³/mol. The van der Waals surface area contributed by atoms with Gasteiger partial charge in [0.25, 0.3) is 0 Å². The molecule has 1 aliphatic carbocycles.